The van der Waals surface area contributed by atoms with Gasteiger partial charge >= 0.3 is 6.03 Å². The Balaban J connectivity index is 1.61. The largest absolute Gasteiger partial charge is 0.355 e. The van der Waals surface area contributed by atoms with Crippen molar-refractivity contribution in [3.05, 3.63) is 29.8 Å². The predicted molar refractivity (Wildman–Crippen MR) is 76.4 cm³/mol. The molecule has 2 aliphatic heterocycles. The van der Waals surface area contributed by atoms with E-state index >= 15 is 0 Å². The van der Waals surface area contributed by atoms with Crippen molar-refractivity contribution < 1.29 is 9.59 Å². The molecule has 1 unspecified atom stereocenters. The van der Waals surface area contributed by atoms with E-state index in [4.69, 9.17) is 0 Å². The van der Waals surface area contributed by atoms with E-state index in [2.05, 4.69) is 10.6 Å². The van der Waals surface area contributed by atoms with Gasteiger partial charge in [-0.25, -0.2) is 4.79 Å². The Bertz CT molecular complexity index is 541. The highest BCUT2D eigenvalue weighted by Crippen LogP contribution is 2.36. The highest BCUT2D eigenvalue weighted by Gasteiger charge is 2.45. The first kappa shape index (κ1) is 13.0. The third kappa shape index (κ3) is 2.48. The maximum atomic E-state index is 12.2. The molecule has 5 nitrogen and oxygen atoms in total. The maximum absolute atomic E-state index is 12.2. The molecule has 2 fully saturated rings. The summed E-state index contributed by atoms with van der Waals surface area (Å²) < 4.78 is 0. The molecule has 2 heterocycles. The lowest BCUT2D eigenvalue weighted by molar-refractivity contribution is -0.119. The summed E-state index contributed by atoms with van der Waals surface area (Å²) in [6.07, 6.45) is 1.44. The summed E-state index contributed by atoms with van der Waals surface area (Å²) in [7, 11) is 0. The molecule has 1 aromatic carbocycles. The first-order valence-corrected chi connectivity index (χ1v) is 6.96. The van der Waals surface area contributed by atoms with E-state index in [0.717, 1.165) is 12.1 Å². The van der Waals surface area contributed by atoms with E-state index in [9.17, 15) is 9.59 Å². The van der Waals surface area contributed by atoms with Crippen molar-refractivity contribution in [2.45, 2.75) is 19.8 Å². The minimum atomic E-state index is -0.0786. The summed E-state index contributed by atoms with van der Waals surface area (Å²) in [4.78, 5) is 25.4. The molecule has 2 N–H and O–H groups in total. The van der Waals surface area contributed by atoms with E-state index in [1.54, 1.807) is 4.90 Å². The Morgan fingerprint density at radius 2 is 2.10 bits per heavy atom. The molecule has 5 heteroatoms. The van der Waals surface area contributed by atoms with Crippen molar-refractivity contribution in [1.29, 1.82) is 0 Å². The van der Waals surface area contributed by atoms with Gasteiger partial charge in [-0.15, -0.1) is 0 Å². The van der Waals surface area contributed by atoms with Crippen molar-refractivity contribution in [1.82, 2.24) is 10.2 Å². The number of urea groups is 1. The monoisotopic (exact) mass is 273 g/mol. The van der Waals surface area contributed by atoms with Crippen molar-refractivity contribution in [3.8, 4) is 0 Å². The Morgan fingerprint density at radius 1 is 1.35 bits per heavy atom. The second-order valence-electron chi connectivity index (χ2n) is 5.92. The number of nitrogens with zero attached hydrogens (tertiary/aromatic N) is 1. The number of nitrogens with one attached hydrogen (secondary N) is 2. The molecule has 0 bridgehead atoms. The summed E-state index contributed by atoms with van der Waals surface area (Å²) in [5.41, 5.74) is 1.93. The first-order valence-electron chi connectivity index (χ1n) is 6.96. The van der Waals surface area contributed by atoms with Gasteiger partial charge in [0.15, 0.2) is 0 Å². The quantitative estimate of drug-likeness (QED) is 0.818. The van der Waals surface area contributed by atoms with E-state index < -0.39 is 0 Å². The standard InChI is InChI=1S/C15H19N3O2/c1-11-2-4-12(5-3-11)17-14(20)18-7-6-15(10-18)8-13(19)16-9-15/h2-5H,6-10H2,1H3,(H,16,19)(H,17,20). The Morgan fingerprint density at radius 3 is 2.75 bits per heavy atom. The molecule has 1 aromatic rings. The number of benzene rings is 1. The lowest BCUT2D eigenvalue weighted by Crippen LogP contribution is -2.36. The maximum Gasteiger partial charge on any atom is 0.321 e. The highest BCUT2D eigenvalue weighted by atomic mass is 16.2. The molecule has 3 amide bonds. The van der Waals surface area contributed by atoms with Crippen LogP contribution in [-0.4, -0.2) is 36.5 Å². The number of hydrogen-bond donors (Lipinski definition) is 2. The number of amides is 3. The lowest BCUT2D eigenvalue weighted by Gasteiger charge is -2.22. The smallest absolute Gasteiger partial charge is 0.321 e. The highest BCUT2D eigenvalue weighted by molar-refractivity contribution is 5.89. The van der Waals surface area contributed by atoms with Gasteiger partial charge in [0.25, 0.3) is 0 Å². The van der Waals surface area contributed by atoms with Gasteiger partial charge in [0, 0.05) is 37.2 Å². The first-order chi connectivity index (χ1) is 9.56. The van der Waals surface area contributed by atoms with Crippen LogP contribution in [0.2, 0.25) is 0 Å². The van der Waals surface area contributed by atoms with Crippen molar-refractivity contribution >= 4 is 17.6 Å². The van der Waals surface area contributed by atoms with Crippen LogP contribution in [-0.2, 0) is 4.79 Å². The van der Waals surface area contributed by atoms with Crippen molar-refractivity contribution in [2.24, 2.45) is 5.41 Å². The molecule has 1 spiro atoms. The van der Waals surface area contributed by atoms with Crippen LogP contribution < -0.4 is 10.6 Å². The molecule has 106 valence electrons. The summed E-state index contributed by atoms with van der Waals surface area (Å²) in [6, 6.07) is 7.67. The zero-order valence-electron chi connectivity index (χ0n) is 11.6. The fourth-order valence-corrected chi connectivity index (χ4v) is 2.99. The van der Waals surface area contributed by atoms with Gasteiger partial charge < -0.3 is 15.5 Å². The zero-order valence-corrected chi connectivity index (χ0v) is 11.6. The number of aryl methyl sites for hydroxylation is 1. The van der Waals surface area contributed by atoms with Crippen LogP contribution in [0.15, 0.2) is 24.3 Å². The molecule has 2 aliphatic rings. The number of hydrogen-bond acceptors (Lipinski definition) is 2. The lowest BCUT2D eigenvalue weighted by atomic mass is 9.86. The molecule has 1 atom stereocenters. The van der Waals surface area contributed by atoms with Crippen molar-refractivity contribution in [2.75, 3.05) is 25.0 Å². The van der Waals surface area contributed by atoms with Gasteiger partial charge in [0.05, 0.1) is 0 Å². The van der Waals surface area contributed by atoms with Crippen LogP contribution in [0.4, 0.5) is 10.5 Å². The Kier molecular flexibility index (Phi) is 3.12. The van der Waals surface area contributed by atoms with Gasteiger partial charge in [-0.2, -0.15) is 0 Å². The molecule has 20 heavy (non-hydrogen) atoms. The number of rotatable bonds is 1. The summed E-state index contributed by atoms with van der Waals surface area (Å²) >= 11 is 0. The molecule has 0 radical (unpaired) electrons. The molecule has 0 aliphatic carbocycles. The third-order valence-electron chi connectivity index (χ3n) is 4.22. The Hall–Kier alpha value is -2.04. The number of carbonyl (C=O) groups is 2. The van der Waals surface area contributed by atoms with Gasteiger partial charge in [-0.05, 0) is 25.5 Å². The molecule has 0 aromatic heterocycles. The van der Waals surface area contributed by atoms with Gasteiger partial charge in [-0.3, -0.25) is 4.79 Å². The molecular weight excluding hydrogens is 254 g/mol. The van der Waals surface area contributed by atoms with Gasteiger partial charge in [-0.1, -0.05) is 17.7 Å². The number of carbonyl (C=O) groups excluding carboxylic acids is 2. The fourth-order valence-electron chi connectivity index (χ4n) is 2.99. The van der Waals surface area contributed by atoms with Crippen LogP contribution >= 0.6 is 0 Å². The van der Waals surface area contributed by atoms with Crippen LogP contribution in [0.25, 0.3) is 0 Å². The van der Waals surface area contributed by atoms with Gasteiger partial charge in [0.2, 0.25) is 5.91 Å². The normalized spacial score (nSPS) is 25.1. The average Bonchev–Trinajstić information content (AvgIpc) is 3.00. The van der Waals surface area contributed by atoms with Gasteiger partial charge in [0.1, 0.15) is 0 Å². The predicted octanol–water partition coefficient (Wildman–Crippen LogP) is 1.74. The summed E-state index contributed by atoms with van der Waals surface area (Å²) in [6.45, 7) is 4.08. The van der Waals surface area contributed by atoms with Crippen molar-refractivity contribution in [3.63, 3.8) is 0 Å². The summed E-state index contributed by atoms with van der Waals surface area (Å²) in [5.74, 6) is 0.103. The number of likely N-dealkylation sites (tertiary alicyclic amines) is 1. The van der Waals surface area contributed by atoms with Crippen LogP contribution in [0, 0.1) is 12.3 Å². The second kappa shape index (κ2) is 4.81. The van der Waals surface area contributed by atoms with E-state index in [1.807, 2.05) is 31.2 Å². The molecule has 0 saturated carbocycles. The fraction of sp³-hybridized carbons (Fsp3) is 0.467. The average molecular weight is 273 g/mol. The third-order valence-corrected chi connectivity index (χ3v) is 4.22. The second-order valence-corrected chi connectivity index (χ2v) is 5.92. The minimum absolute atomic E-state index is 0.0400. The summed E-state index contributed by atoms with van der Waals surface area (Å²) in [5, 5.41) is 5.78. The van der Waals surface area contributed by atoms with Crippen LogP contribution in [0.1, 0.15) is 18.4 Å². The molecular formula is C15H19N3O2. The van der Waals surface area contributed by atoms with E-state index in [0.29, 0.717) is 26.1 Å². The zero-order chi connectivity index (χ0) is 14.2. The Labute approximate surface area is 118 Å². The SMILES string of the molecule is Cc1ccc(NC(=O)N2CCC3(CNC(=O)C3)C2)cc1. The van der Waals surface area contributed by atoms with E-state index in [-0.39, 0.29) is 17.4 Å². The van der Waals surface area contributed by atoms with E-state index in [1.165, 1.54) is 5.56 Å². The van der Waals surface area contributed by atoms with Crippen LogP contribution in [0.5, 0.6) is 0 Å². The molecule has 2 saturated heterocycles. The topological polar surface area (TPSA) is 61.4 Å². The minimum Gasteiger partial charge on any atom is -0.355 e. The van der Waals surface area contributed by atoms with Crippen LogP contribution in [0.3, 0.4) is 0 Å². The number of anilines is 1. The molecule has 3 rings (SSSR count).